The number of halogens is 1. The van der Waals surface area contributed by atoms with Crippen molar-refractivity contribution in [2.24, 2.45) is 17.8 Å². The number of benzene rings is 1. The van der Waals surface area contributed by atoms with Crippen LogP contribution in [0.5, 0.6) is 0 Å². The van der Waals surface area contributed by atoms with Crippen LogP contribution in [0.2, 0.25) is 0 Å². The van der Waals surface area contributed by atoms with E-state index in [4.69, 9.17) is 11.6 Å². The summed E-state index contributed by atoms with van der Waals surface area (Å²) >= 11 is 6.88. The van der Waals surface area contributed by atoms with Gasteiger partial charge < -0.3 is 0 Å². The van der Waals surface area contributed by atoms with Crippen molar-refractivity contribution in [2.45, 2.75) is 49.3 Å². The van der Waals surface area contributed by atoms with Gasteiger partial charge in [-0.05, 0) is 67.8 Å². The van der Waals surface area contributed by atoms with Gasteiger partial charge in [-0.3, -0.25) is 0 Å². The Labute approximate surface area is 115 Å². The van der Waals surface area contributed by atoms with Crippen molar-refractivity contribution in [3.8, 4) is 0 Å². The molecule has 4 aliphatic carbocycles. The largest absolute Gasteiger partial charge is 0.119 e. The molecule has 18 heavy (non-hydrogen) atoms. The summed E-state index contributed by atoms with van der Waals surface area (Å²) in [6.45, 7) is 2.31. The molecular formula is C17H21Cl. The van der Waals surface area contributed by atoms with Crippen LogP contribution in [-0.2, 0) is 5.41 Å². The average Bonchev–Trinajstić information content (AvgIpc) is 2.37. The predicted octanol–water partition coefficient (Wildman–Crippen LogP) is 4.76. The summed E-state index contributed by atoms with van der Waals surface area (Å²) in [5, 5.41) is 0. The lowest BCUT2D eigenvalue weighted by Gasteiger charge is -2.63. The standard InChI is InChI=1S/C17H21Cl/c1-16(18)14-7-12-8-15(16)11-17(9-12,10-14)13-5-3-2-4-6-13/h2-6,12,14-15H,7-11H2,1H3/t12?,14-,15+,16?,17?. The van der Waals surface area contributed by atoms with E-state index in [0.717, 1.165) is 17.8 Å². The van der Waals surface area contributed by atoms with Crippen molar-refractivity contribution < 1.29 is 0 Å². The van der Waals surface area contributed by atoms with Crippen molar-refractivity contribution >= 4 is 11.6 Å². The maximum absolute atomic E-state index is 6.88. The summed E-state index contributed by atoms with van der Waals surface area (Å²) in [7, 11) is 0. The summed E-state index contributed by atoms with van der Waals surface area (Å²) in [4.78, 5) is 0.0786. The first-order chi connectivity index (χ1) is 8.60. The summed E-state index contributed by atoms with van der Waals surface area (Å²) in [6, 6.07) is 11.2. The van der Waals surface area contributed by atoms with Crippen LogP contribution in [-0.4, -0.2) is 4.87 Å². The first kappa shape index (κ1) is 11.3. The van der Waals surface area contributed by atoms with E-state index in [1.165, 1.54) is 32.1 Å². The number of alkyl halides is 1. The second-order valence-electron chi connectivity index (χ2n) is 7.14. The smallest absolute Gasteiger partial charge is 0.0475 e. The Morgan fingerprint density at radius 3 is 2.22 bits per heavy atom. The van der Waals surface area contributed by atoms with E-state index in [2.05, 4.69) is 37.3 Å². The Hall–Kier alpha value is -0.490. The van der Waals surface area contributed by atoms with Gasteiger partial charge in [-0.25, -0.2) is 0 Å². The molecule has 4 saturated carbocycles. The Bertz CT molecular complexity index is 444. The minimum absolute atomic E-state index is 0.0786. The number of hydrogen-bond acceptors (Lipinski definition) is 0. The van der Waals surface area contributed by atoms with Crippen molar-refractivity contribution in [3.63, 3.8) is 0 Å². The topological polar surface area (TPSA) is 0 Å². The van der Waals surface area contributed by atoms with Gasteiger partial charge in [0.15, 0.2) is 0 Å². The number of rotatable bonds is 1. The zero-order chi connectivity index (χ0) is 12.4. The molecule has 1 aromatic carbocycles. The molecule has 0 nitrogen and oxygen atoms in total. The molecule has 5 rings (SSSR count). The first-order valence-corrected chi connectivity index (χ1v) is 7.72. The van der Waals surface area contributed by atoms with Crippen LogP contribution >= 0.6 is 11.6 Å². The van der Waals surface area contributed by atoms with Gasteiger partial charge in [0.2, 0.25) is 0 Å². The molecule has 4 fully saturated rings. The molecule has 0 radical (unpaired) electrons. The predicted molar refractivity (Wildman–Crippen MR) is 75.9 cm³/mol. The van der Waals surface area contributed by atoms with Gasteiger partial charge >= 0.3 is 0 Å². The highest BCUT2D eigenvalue weighted by atomic mass is 35.5. The summed E-state index contributed by atoms with van der Waals surface area (Å²) < 4.78 is 0. The van der Waals surface area contributed by atoms with E-state index >= 15 is 0 Å². The highest BCUT2D eigenvalue weighted by Crippen LogP contribution is 2.65. The fourth-order valence-electron chi connectivity index (χ4n) is 5.32. The molecule has 4 bridgehead atoms. The fourth-order valence-corrected chi connectivity index (χ4v) is 5.65. The Balaban J connectivity index is 1.77. The van der Waals surface area contributed by atoms with E-state index in [1.807, 2.05) is 0 Å². The molecule has 0 saturated heterocycles. The minimum atomic E-state index is 0.0786. The molecular weight excluding hydrogens is 240 g/mol. The molecule has 1 heteroatoms. The van der Waals surface area contributed by atoms with Gasteiger partial charge in [0.25, 0.3) is 0 Å². The van der Waals surface area contributed by atoms with Crippen molar-refractivity contribution in [2.75, 3.05) is 0 Å². The van der Waals surface area contributed by atoms with Crippen LogP contribution in [0.25, 0.3) is 0 Å². The van der Waals surface area contributed by atoms with Crippen LogP contribution in [0, 0.1) is 17.8 Å². The maximum atomic E-state index is 6.88. The zero-order valence-corrected chi connectivity index (χ0v) is 11.8. The SMILES string of the molecule is CC1(Cl)[C@@H]2CC3C[C@H]1CC(c1ccccc1)(C3)C2. The molecule has 96 valence electrons. The minimum Gasteiger partial charge on any atom is -0.119 e. The third kappa shape index (κ3) is 1.39. The van der Waals surface area contributed by atoms with E-state index in [1.54, 1.807) is 5.56 Å². The molecule has 0 aliphatic heterocycles. The van der Waals surface area contributed by atoms with Gasteiger partial charge in [-0.15, -0.1) is 11.6 Å². The normalized spacial score (nSPS) is 49.6. The average molecular weight is 261 g/mol. The molecule has 0 amide bonds. The summed E-state index contributed by atoms with van der Waals surface area (Å²) in [5.41, 5.74) is 2.04. The van der Waals surface area contributed by atoms with Gasteiger partial charge in [0.1, 0.15) is 0 Å². The van der Waals surface area contributed by atoms with E-state index in [-0.39, 0.29) is 4.87 Å². The van der Waals surface area contributed by atoms with Gasteiger partial charge in [-0.1, -0.05) is 30.3 Å². The maximum Gasteiger partial charge on any atom is 0.0475 e. The first-order valence-electron chi connectivity index (χ1n) is 7.35. The van der Waals surface area contributed by atoms with Gasteiger partial charge in [0, 0.05) is 4.87 Å². The van der Waals surface area contributed by atoms with Crippen molar-refractivity contribution in [1.29, 1.82) is 0 Å². The zero-order valence-electron chi connectivity index (χ0n) is 11.0. The lowest BCUT2D eigenvalue weighted by atomic mass is 9.45. The van der Waals surface area contributed by atoms with E-state index in [0.29, 0.717) is 5.41 Å². The molecule has 5 atom stereocenters. The van der Waals surface area contributed by atoms with Crippen molar-refractivity contribution in [3.05, 3.63) is 35.9 Å². The van der Waals surface area contributed by atoms with Crippen LogP contribution in [0.3, 0.4) is 0 Å². The lowest BCUT2D eigenvalue weighted by molar-refractivity contribution is -0.0349. The van der Waals surface area contributed by atoms with Gasteiger partial charge in [0.05, 0.1) is 0 Å². The quantitative estimate of drug-likeness (QED) is 0.639. The molecule has 0 heterocycles. The lowest BCUT2D eigenvalue weighted by Crippen LogP contribution is -2.58. The Morgan fingerprint density at radius 1 is 1.00 bits per heavy atom. The highest BCUT2D eigenvalue weighted by Gasteiger charge is 2.59. The molecule has 0 aromatic heterocycles. The van der Waals surface area contributed by atoms with Crippen LogP contribution in [0.15, 0.2) is 30.3 Å². The van der Waals surface area contributed by atoms with Crippen molar-refractivity contribution in [1.82, 2.24) is 0 Å². The van der Waals surface area contributed by atoms with Crippen LogP contribution in [0.4, 0.5) is 0 Å². The second-order valence-corrected chi connectivity index (χ2v) is 7.96. The Kier molecular flexibility index (Phi) is 2.23. The molecule has 0 N–H and O–H groups in total. The van der Waals surface area contributed by atoms with Crippen LogP contribution < -0.4 is 0 Å². The van der Waals surface area contributed by atoms with Crippen LogP contribution in [0.1, 0.15) is 44.6 Å². The van der Waals surface area contributed by atoms with E-state index in [9.17, 15) is 0 Å². The third-order valence-electron chi connectivity index (χ3n) is 6.17. The monoisotopic (exact) mass is 260 g/mol. The third-order valence-corrected chi connectivity index (χ3v) is 6.79. The fraction of sp³-hybridized carbons (Fsp3) is 0.647. The molecule has 4 aliphatic rings. The molecule has 1 aromatic rings. The Morgan fingerprint density at radius 2 is 1.61 bits per heavy atom. The highest BCUT2D eigenvalue weighted by molar-refractivity contribution is 6.24. The molecule has 0 spiro atoms. The summed E-state index contributed by atoms with van der Waals surface area (Å²) in [5.74, 6) is 2.42. The number of hydrogen-bond donors (Lipinski definition) is 0. The van der Waals surface area contributed by atoms with Gasteiger partial charge in [-0.2, -0.15) is 0 Å². The van der Waals surface area contributed by atoms with E-state index < -0.39 is 0 Å². The summed E-state index contributed by atoms with van der Waals surface area (Å²) in [6.07, 6.45) is 6.82. The molecule has 3 unspecified atom stereocenters. The second kappa shape index (κ2) is 3.54.